The van der Waals surface area contributed by atoms with Crippen LogP contribution in [0.3, 0.4) is 0 Å². The third-order valence-electron chi connectivity index (χ3n) is 3.95. The molecule has 1 heterocycles. The average molecular weight is 266 g/mol. The highest BCUT2D eigenvalue weighted by atomic mass is 16.3. The summed E-state index contributed by atoms with van der Waals surface area (Å²) < 4.78 is 1.71. The quantitative estimate of drug-likeness (QED) is 0.742. The van der Waals surface area contributed by atoms with Crippen LogP contribution in [0.5, 0.6) is 0 Å². The summed E-state index contributed by atoms with van der Waals surface area (Å²) >= 11 is 0. The van der Waals surface area contributed by atoms with Crippen molar-refractivity contribution in [2.75, 3.05) is 13.2 Å². The summed E-state index contributed by atoms with van der Waals surface area (Å²) in [5.74, 6) is 0. The van der Waals surface area contributed by atoms with Gasteiger partial charge in [0.1, 0.15) is 0 Å². The summed E-state index contributed by atoms with van der Waals surface area (Å²) in [5, 5.41) is 19.6. The van der Waals surface area contributed by atoms with E-state index in [0.717, 1.165) is 24.8 Å². The molecule has 1 unspecified atom stereocenters. The van der Waals surface area contributed by atoms with Gasteiger partial charge in [-0.3, -0.25) is 4.68 Å². The fourth-order valence-electron chi connectivity index (χ4n) is 2.69. The van der Waals surface area contributed by atoms with Crippen molar-refractivity contribution in [1.82, 2.24) is 20.4 Å². The summed E-state index contributed by atoms with van der Waals surface area (Å²) in [6.07, 6.45) is 6.60. The molecule has 3 N–H and O–H groups in total. The van der Waals surface area contributed by atoms with Gasteiger partial charge in [0.05, 0.1) is 18.8 Å². The first-order valence-corrected chi connectivity index (χ1v) is 6.75. The van der Waals surface area contributed by atoms with Gasteiger partial charge in [-0.25, -0.2) is 4.79 Å². The first-order chi connectivity index (χ1) is 9.11. The highest BCUT2D eigenvalue weighted by Gasteiger charge is 2.45. The van der Waals surface area contributed by atoms with E-state index in [2.05, 4.69) is 15.7 Å². The summed E-state index contributed by atoms with van der Waals surface area (Å²) in [5.41, 5.74) is 0.705. The smallest absolute Gasteiger partial charge is 0.315 e. The van der Waals surface area contributed by atoms with Crippen LogP contribution in [0.4, 0.5) is 4.79 Å². The maximum atomic E-state index is 11.8. The predicted molar refractivity (Wildman–Crippen MR) is 71.5 cm³/mol. The highest BCUT2D eigenvalue weighted by Crippen LogP contribution is 2.49. The fraction of sp³-hybridized carbons (Fsp3) is 0.692. The number of hydrogen-bond acceptors (Lipinski definition) is 3. The average Bonchev–Trinajstić information content (AvgIpc) is 2.74. The molecule has 6 heteroatoms. The molecule has 0 aliphatic heterocycles. The normalized spacial score (nSPS) is 18.5. The molecule has 1 atom stereocenters. The molecule has 1 aromatic rings. The molecule has 19 heavy (non-hydrogen) atoms. The summed E-state index contributed by atoms with van der Waals surface area (Å²) in [7, 11) is 1.85. The third kappa shape index (κ3) is 2.73. The Labute approximate surface area is 113 Å². The SMILES string of the molecule is CCNC(=O)NC(c1cnn(C)c1)C1(CO)CCC1. The number of nitrogens with one attached hydrogen (secondary N) is 2. The maximum Gasteiger partial charge on any atom is 0.315 e. The van der Waals surface area contributed by atoms with Crippen LogP contribution in [0, 0.1) is 5.41 Å². The minimum absolute atomic E-state index is 0.0823. The zero-order valence-electron chi connectivity index (χ0n) is 11.5. The molecule has 0 aromatic carbocycles. The van der Waals surface area contributed by atoms with E-state index in [1.54, 1.807) is 10.9 Å². The lowest BCUT2D eigenvalue weighted by molar-refractivity contribution is 0.00911. The molecule has 0 bridgehead atoms. The molecule has 0 saturated heterocycles. The van der Waals surface area contributed by atoms with Crippen molar-refractivity contribution in [3.63, 3.8) is 0 Å². The number of carbonyl (C=O) groups is 1. The molecule has 106 valence electrons. The molecule has 2 rings (SSSR count). The topological polar surface area (TPSA) is 79.2 Å². The number of aryl methyl sites for hydroxylation is 1. The predicted octanol–water partition coefficient (Wildman–Crippen LogP) is 0.943. The summed E-state index contributed by atoms with van der Waals surface area (Å²) in [4.78, 5) is 11.8. The Morgan fingerprint density at radius 3 is 2.79 bits per heavy atom. The summed E-state index contributed by atoms with van der Waals surface area (Å²) in [6, 6.07) is -0.387. The molecule has 1 saturated carbocycles. The number of aromatic nitrogens is 2. The van der Waals surface area contributed by atoms with Crippen LogP contribution in [0.2, 0.25) is 0 Å². The number of urea groups is 1. The Hall–Kier alpha value is -1.56. The van der Waals surface area contributed by atoms with Gasteiger partial charge in [-0.15, -0.1) is 0 Å². The van der Waals surface area contributed by atoms with E-state index >= 15 is 0 Å². The number of rotatable bonds is 5. The Morgan fingerprint density at radius 2 is 2.37 bits per heavy atom. The second-order valence-corrected chi connectivity index (χ2v) is 5.26. The van der Waals surface area contributed by atoms with Crippen LogP contribution in [0.25, 0.3) is 0 Å². The van der Waals surface area contributed by atoms with E-state index in [4.69, 9.17) is 0 Å². The second kappa shape index (κ2) is 5.61. The fourth-order valence-corrected chi connectivity index (χ4v) is 2.69. The number of aliphatic hydroxyl groups is 1. The van der Waals surface area contributed by atoms with Gasteiger partial charge >= 0.3 is 6.03 Å². The maximum absolute atomic E-state index is 11.8. The van der Waals surface area contributed by atoms with Gasteiger partial charge in [0.15, 0.2) is 0 Å². The Morgan fingerprint density at radius 1 is 1.63 bits per heavy atom. The third-order valence-corrected chi connectivity index (χ3v) is 3.95. The van der Waals surface area contributed by atoms with Crippen molar-refractivity contribution < 1.29 is 9.90 Å². The molecule has 1 fully saturated rings. The molecular weight excluding hydrogens is 244 g/mol. The van der Waals surface area contributed by atoms with Gasteiger partial charge in [0.25, 0.3) is 0 Å². The van der Waals surface area contributed by atoms with Crippen LogP contribution in [0.15, 0.2) is 12.4 Å². The largest absolute Gasteiger partial charge is 0.396 e. The number of carbonyl (C=O) groups excluding carboxylic acids is 1. The van der Waals surface area contributed by atoms with Crippen LogP contribution in [0.1, 0.15) is 37.8 Å². The van der Waals surface area contributed by atoms with Crippen molar-refractivity contribution in [3.8, 4) is 0 Å². The van der Waals surface area contributed by atoms with E-state index in [1.165, 1.54) is 0 Å². The van der Waals surface area contributed by atoms with Crippen molar-refractivity contribution >= 4 is 6.03 Å². The number of nitrogens with zero attached hydrogens (tertiary/aromatic N) is 2. The van der Waals surface area contributed by atoms with E-state index in [-0.39, 0.29) is 24.1 Å². The van der Waals surface area contributed by atoms with Gasteiger partial charge in [-0.05, 0) is 19.8 Å². The first kappa shape index (κ1) is 13.9. The van der Waals surface area contributed by atoms with Crippen molar-refractivity contribution in [3.05, 3.63) is 18.0 Å². The first-order valence-electron chi connectivity index (χ1n) is 6.75. The second-order valence-electron chi connectivity index (χ2n) is 5.26. The highest BCUT2D eigenvalue weighted by molar-refractivity contribution is 5.74. The monoisotopic (exact) mass is 266 g/mol. The van der Waals surface area contributed by atoms with E-state index < -0.39 is 0 Å². The lowest BCUT2D eigenvalue weighted by atomic mass is 9.63. The molecule has 1 aliphatic rings. The van der Waals surface area contributed by atoms with E-state index in [9.17, 15) is 9.90 Å². The zero-order valence-corrected chi connectivity index (χ0v) is 11.5. The number of amides is 2. The molecule has 2 amide bonds. The minimum atomic E-state index is -0.242. The molecule has 6 nitrogen and oxygen atoms in total. The van der Waals surface area contributed by atoms with Crippen LogP contribution < -0.4 is 10.6 Å². The Kier molecular flexibility index (Phi) is 4.09. The van der Waals surface area contributed by atoms with Crippen molar-refractivity contribution in [1.29, 1.82) is 0 Å². The van der Waals surface area contributed by atoms with Gasteiger partial charge in [0.2, 0.25) is 0 Å². The zero-order chi connectivity index (χ0) is 13.9. The van der Waals surface area contributed by atoms with Gasteiger partial charge in [-0.1, -0.05) is 6.42 Å². The standard InChI is InChI=1S/C13H22N4O2/c1-3-14-12(19)16-11(10-7-15-17(2)8-10)13(9-18)5-4-6-13/h7-8,11,18H,3-6,9H2,1-2H3,(H2,14,16,19). The number of aliphatic hydroxyl groups excluding tert-OH is 1. The van der Waals surface area contributed by atoms with Crippen molar-refractivity contribution in [2.45, 2.75) is 32.2 Å². The molecule has 0 radical (unpaired) electrons. The van der Waals surface area contributed by atoms with Gasteiger partial charge in [-0.2, -0.15) is 5.10 Å². The Balaban J connectivity index is 2.20. The van der Waals surface area contributed by atoms with Crippen molar-refractivity contribution in [2.24, 2.45) is 12.5 Å². The van der Waals surface area contributed by atoms with Crippen LogP contribution in [-0.2, 0) is 7.05 Å². The van der Waals surface area contributed by atoms with Gasteiger partial charge < -0.3 is 15.7 Å². The molecular formula is C13H22N4O2. The molecule has 1 aromatic heterocycles. The summed E-state index contributed by atoms with van der Waals surface area (Å²) in [6.45, 7) is 2.54. The molecule has 1 aliphatic carbocycles. The minimum Gasteiger partial charge on any atom is -0.396 e. The lowest BCUT2D eigenvalue weighted by Gasteiger charge is -2.46. The van der Waals surface area contributed by atoms with E-state index in [1.807, 2.05) is 20.2 Å². The van der Waals surface area contributed by atoms with E-state index in [0.29, 0.717) is 6.54 Å². The number of hydrogen-bond donors (Lipinski definition) is 3. The van der Waals surface area contributed by atoms with Crippen LogP contribution >= 0.6 is 0 Å². The van der Waals surface area contributed by atoms with Gasteiger partial charge in [0, 0.05) is 30.8 Å². The van der Waals surface area contributed by atoms with Crippen LogP contribution in [-0.4, -0.2) is 34.1 Å². The lowest BCUT2D eigenvalue weighted by Crippen LogP contribution is -2.49. The molecule has 0 spiro atoms. The Bertz CT molecular complexity index is 434.